The second kappa shape index (κ2) is 10.9. The Morgan fingerprint density at radius 2 is 1.66 bits per heavy atom. The lowest BCUT2D eigenvalue weighted by Gasteiger charge is -2.41. The standard InChI is InChI=1S/C29H36N2O3S/c1-21(2)31(3)26-15-16-28(25(19-26)20-35(33,34)27-11-5-4-6-12-27)30-29(32)18-22-13-14-23-9-7-8-10-24(23)17-22/h4-14,17,21,25-26,28H,15-16,18-20H2,1-3H3,(H,30,32)/t25-,26+,28+/m1/s1. The molecule has 3 aromatic rings. The van der Waals surface area contributed by atoms with Gasteiger partial charge in [-0.25, -0.2) is 8.42 Å². The Labute approximate surface area is 209 Å². The monoisotopic (exact) mass is 492 g/mol. The lowest BCUT2D eigenvalue weighted by molar-refractivity contribution is -0.121. The highest BCUT2D eigenvalue weighted by atomic mass is 32.2. The van der Waals surface area contributed by atoms with Crippen molar-refractivity contribution in [3.63, 3.8) is 0 Å². The van der Waals surface area contributed by atoms with E-state index in [1.807, 2.05) is 36.4 Å². The Kier molecular flexibility index (Phi) is 7.92. The summed E-state index contributed by atoms with van der Waals surface area (Å²) in [6, 6.07) is 23.4. The molecule has 35 heavy (non-hydrogen) atoms. The number of sulfone groups is 1. The van der Waals surface area contributed by atoms with E-state index in [1.54, 1.807) is 24.3 Å². The van der Waals surface area contributed by atoms with Gasteiger partial charge in [-0.1, -0.05) is 60.7 Å². The summed E-state index contributed by atoms with van der Waals surface area (Å²) in [5.74, 6) is -0.149. The zero-order valence-corrected chi connectivity index (χ0v) is 21.7. The maximum Gasteiger partial charge on any atom is 0.224 e. The van der Waals surface area contributed by atoms with Gasteiger partial charge in [0.15, 0.2) is 9.84 Å². The molecule has 0 aliphatic heterocycles. The summed E-state index contributed by atoms with van der Waals surface area (Å²) in [5, 5.41) is 5.47. The largest absolute Gasteiger partial charge is 0.353 e. The molecule has 0 spiro atoms. The highest BCUT2D eigenvalue weighted by Crippen LogP contribution is 2.31. The Bertz CT molecular complexity index is 1260. The fraction of sp³-hybridized carbons (Fsp3) is 0.414. The number of amides is 1. The lowest BCUT2D eigenvalue weighted by Crippen LogP contribution is -2.51. The van der Waals surface area contributed by atoms with Gasteiger partial charge in [0.25, 0.3) is 0 Å². The maximum atomic E-state index is 13.2. The number of hydrogen-bond acceptors (Lipinski definition) is 4. The molecule has 3 aromatic carbocycles. The van der Waals surface area contributed by atoms with Crippen LogP contribution in [0.25, 0.3) is 10.8 Å². The zero-order valence-electron chi connectivity index (χ0n) is 20.9. The first-order chi connectivity index (χ1) is 16.7. The predicted molar refractivity (Wildman–Crippen MR) is 142 cm³/mol. The summed E-state index contributed by atoms with van der Waals surface area (Å²) in [4.78, 5) is 15.7. The number of benzene rings is 3. The summed E-state index contributed by atoms with van der Waals surface area (Å²) in [6.45, 7) is 4.32. The second-order valence-corrected chi connectivity index (χ2v) is 12.1. The average Bonchev–Trinajstić information content (AvgIpc) is 2.85. The summed E-state index contributed by atoms with van der Waals surface area (Å²) < 4.78 is 26.5. The second-order valence-electron chi connectivity index (χ2n) is 10.1. The van der Waals surface area contributed by atoms with E-state index < -0.39 is 9.84 Å². The van der Waals surface area contributed by atoms with Crippen molar-refractivity contribution >= 4 is 26.5 Å². The molecule has 3 atom stereocenters. The number of carbonyl (C=O) groups excluding carboxylic acids is 1. The first-order valence-corrected chi connectivity index (χ1v) is 14.1. The number of carbonyl (C=O) groups is 1. The minimum atomic E-state index is -3.45. The van der Waals surface area contributed by atoms with Gasteiger partial charge in [-0.3, -0.25) is 4.79 Å². The molecule has 5 nitrogen and oxygen atoms in total. The van der Waals surface area contributed by atoms with Gasteiger partial charge < -0.3 is 10.2 Å². The van der Waals surface area contributed by atoms with E-state index in [0.29, 0.717) is 17.0 Å². The molecule has 1 amide bonds. The molecule has 1 N–H and O–H groups in total. The molecule has 1 aliphatic rings. The van der Waals surface area contributed by atoms with Crippen LogP contribution >= 0.6 is 0 Å². The van der Waals surface area contributed by atoms with Crippen LogP contribution < -0.4 is 5.32 Å². The Balaban J connectivity index is 1.49. The van der Waals surface area contributed by atoms with Crippen molar-refractivity contribution in [1.82, 2.24) is 10.2 Å². The summed E-state index contributed by atoms with van der Waals surface area (Å²) >= 11 is 0. The number of hydrogen-bond donors (Lipinski definition) is 1. The summed E-state index contributed by atoms with van der Waals surface area (Å²) in [5.41, 5.74) is 0.961. The molecule has 1 fully saturated rings. The summed E-state index contributed by atoms with van der Waals surface area (Å²) in [6.07, 6.45) is 2.76. The highest BCUT2D eigenvalue weighted by Gasteiger charge is 2.36. The van der Waals surface area contributed by atoms with Crippen LogP contribution in [-0.2, 0) is 21.1 Å². The molecule has 0 saturated heterocycles. The molecule has 0 radical (unpaired) electrons. The molecule has 0 unspecified atom stereocenters. The number of rotatable bonds is 8. The van der Waals surface area contributed by atoms with Crippen molar-refractivity contribution in [2.45, 2.75) is 62.6 Å². The predicted octanol–water partition coefficient (Wildman–Crippen LogP) is 4.85. The molecule has 0 bridgehead atoms. The molecule has 1 saturated carbocycles. The van der Waals surface area contributed by atoms with Crippen LogP contribution in [0.3, 0.4) is 0 Å². The Hall–Kier alpha value is -2.70. The summed E-state index contributed by atoms with van der Waals surface area (Å²) in [7, 11) is -1.34. The zero-order chi connectivity index (χ0) is 25.0. The lowest BCUT2D eigenvalue weighted by atomic mass is 9.81. The van der Waals surface area contributed by atoms with E-state index in [9.17, 15) is 13.2 Å². The molecule has 6 heteroatoms. The third-order valence-corrected chi connectivity index (χ3v) is 9.26. The van der Waals surface area contributed by atoms with Crippen LogP contribution in [0.5, 0.6) is 0 Å². The van der Waals surface area contributed by atoms with Crippen molar-refractivity contribution in [3.05, 3.63) is 78.4 Å². The Morgan fingerprint density at radius 1 is 0.971 bits per heavy atom. The van der Waals surface area contributed by atoms with Crippen molar-refractivity contribution in [1.29, 1.82) is 0 Å². The van der Waals surface area contributed by atoms with Crippen molar-refractivity contribution in [2.75, 3.05) is 12.8 Å². The van der Waals surface area contributed by atoms with Crippen molar-refractivity contribution in [3.8, 4) is 0 Å². The fourth-order valence-corrected chi connectivity index (χ4v) is 6.90. The molecule has 186 valence electrons. The van der Waals surface area contributed by atoms with Gasteiger partial charge in [0, 0.05) is 18.1 Å². The molecule has 0 aromatic heterocycles. The van der Waals surface area contributed by atoms with Crippen LogP contribution in [0.4, 0.5) is 0 Å². The highest BCUT2D eigenvalue weighted by molar-refractivity contribution is 7.91. The van der Waals surface area contributed by atoms with Crippen molar-refractivity contribution < 1.29 is 13.2 Å². The van der Waals surface area contributed by atoms with E-state index in [4.69, 9.17) is 0 Å². The van der Waals surface area contributed by atoms with Crippen LogP contribution in [0.1, 0.15) is 38.7 Å². The van der Waals surface area contributed by atoms with Crippen LogP contribution in [0, 0.1) is 5.92 Å². The van der Waals surface area contributed by atoms with Gasteiger partial charge in [-0.05, 0) is 74.5 Å². The van der Waals surface area contributed by atoms with Crippen molar-refractivity contribution in [2.24, 2.45) is 5.92 Å². The van der Waals surface area contributed by atoms with Crippen LogP contribution in [0.2, 0.25) is 0 Å². The van der Waals surface area contributed by atoms with Gasteiger partial charge in [-0.2, -0.15) is 0 Å². The van der Waals surface area contributed by atoms with Gasteiger partial charge >= 0.3 is 0 Å². The van der Waals surface area contributed by atoms with Gasteiger partial charge in [-0.15, -0.1) is 0 Å². The normalized spacial score (nSPS) is 20.9. The fourth-order valence-electron chi connectivity index (χ4n) is 5.20. The molecular weight excluding hydrogens is 456 g/mol. The van der Waals surface area contributed by atoms with E-state index in [2.05, 4.69) is 43.2 Å². The SMILES string of the molecule is CC(C)N(C)[C@H]1CC[C@H](NC(=O)Cc2ccc3ccccc3c2)[C@@H](CS(=O)(=O)c2ccccc2)C1. The van der Waals surface area contributed by atoms with E-state index in [1.165, 1.54) is 0 Å². The van der Waals surface area contributed by atoms with E-state index >= 15 is 0 Å². The first-order valence-electron chi connectivity index (χ1n) is 12.5. The maximum absolute atomic E-state index is 13.2. The molecule has 1 aliphatic carbocycles. The number of nitrogens with one attached hydrogen (secondary N) is 1. The average molecular weight is 493 g/mol. The third-order valence-electron chi connectivity index (χ3n) is 7.41. The molecule has 0 heterocycles. The van der Waals surface area contributed by atoms with Gasteiger partial charge in [0.1, 0.15) is 0 Å². The topological polar surface area (TPSA) is 66.5 Å². The van der Waals surface area contributed by atoms with Gasteiger partial charge in [0.2, 0.25) is 5.91 Å². The van der Waals surface area contributed by atoms with E-state index in [0.717, 1.165) is 35.6 Å². The quantitative estimate of drug-likeness (QED) is 0.488. The first kappa shape index (κ1) is 25.4. The molecule has 4 rings (SSSR count). The third kappa shape index (κ3) is 6.30. The van der Waals surface area contributed by atoms with Crippen LogP contribution in [0.15, 0.2) is 77.7 Å². The number of nitrogens with zero attached hydrogens (tertiary/aromatic N) is 1. The minimum Gasteiger partial charge on any atom is -0.353 e. The van der Waals surface area contributed by atoms with Gasteiger partial charge in [0.05, 0.1) is 17.1 Å². The minimum absolute atomic E-state index is 0.0420. The number of fused-ring (bicyclic) bond motifs is 1. The smallest absolute Gasteiger partial charge is 0.224 e. The Morgan fingerprint density at radius 3 is 2.37 bits per heavy atom. The molecular formula is C29H36N2O3S. The van der Waals surface area contributed by atoms with Crippen LogP contribution in [-0.4, -0.2) is 50.2 Å². The van der Waals surface area contributed by atoms with E-state index in [-0.39, 0.29) is 30.0 Å².